The molecule has 0 amide bonds. The van der Waals surface area contributed by atoms with Crippen molar-refractivity contribution in [2.24, 2.45) is 0 Å². The summed E-state index contributed by atoms with van der Waals surface area (Å²) in [5, 5.41) is 9.36. The SMILES string of the molecule is C=Cc1ccc([C@H]2C=C[C@H](O)C2)cc1. The van der Waals surface area contributed by atoms with Crippen LogP contribution in [0.1, 0.15) is 23.5 Å². The summed E-state index contributed by atoms with van der Waals surface area (Å²) in [6, 6.07) is 8.32. The molecule has 0 saturated heterocycles. The molecule has 14 heavy (non-hydrogen) atoms. The van der Waals surface area contributed by atoms with E-state index in [0.29, 0.717) is 5.92 Å². The van der Waals surface area contributed by atoms with Crippen molar-refractivity contribution in [3.05, 3.63) is 54.1 Å². The Hall–Kier alpha value is -1.34. The van der Waals surface area contributed by atoms with E-state index in [-0.39, 0.29) is 6.10 Å². The fraction of sp³-hybridized carbons (Fsp3) is 0.231. The predicted octanol–water partition coefficient (Wildman–Crippen LogP) is 2.73. The molecule has 72 valence electrons. The summed E-state index contributed by atoms with van der Waals surface area (Å²) in [5.41, 5.74) is 2.40. The molecule has 0 saturated carbocycles. The molecule has 1 heteroatoms. The zero-order valence-corrected chi connectivity index (χ0v) is 8.06. The second-order valence-corrected chi connectivity index (χ2v) is 3.67. The third-order valence-corrected chi connectivity index (χ3v) is 2.66. The monoisotopic (exact) mass is 186 g/mol. The Morgan fingerprint density at radius 1 is 1.21 bits per heavy atom. The van der Waals surface area contributed by atoms with Crippen LogP contribution in [0.25, 0.3) is 6.08 Å². The highest BCUT2D eigenvalue weighted by atomic mass is 16.3. The number of rotatable bonds is 2. The Labute approximate surface area is 84.4 Å². The molecule has 0 bridgehead atoms. The maximum absolute atomic E-state index is 9.36. The van der Waals surface area contributed by atoms with Gasteiger partial charge in [0.15, 0.2) is 0 Å². The summed E-state index contributed by atoms with van der Waals surface area (Å²) in [6.45, 7) is 3.72. The average Bonchev–Trinajstić information content (AvgIpc) is 2.65. The molecule has 0 radical (unpaired) electrons. The van der Waals surface area contributed by atoms with Crippen molar-refractivity contribution in [3.8, 4) is 0 Å². The van der Waals surface area contributed by atoms with Gasteiger partial charge in [-0.15, -0.1) is 0 Å². The van der Waals surface area contributed by atoms with Crippen LogP contribution in [0.3, 0.4) is 0 Å². The molecule has 1 aromatic carbocycles. The standard InChI is InChI=1S/C13H14O/c1-2-10-3-5-11(6-4-10)12-7-8-13(14)9-12/h2-8,12-14H,1,9H2/t12-,13-/m0/s1. The summed E-state index contributed by atoms with van der Waals surface area (Å²) < 4.78 is 0. The molecule has 2 rings (SSSR count). The highest BCUT2D eigenvalue weighted by Crippen LogP contribution is 2.28. The van der Waals surface area contributed by atoms with Crippen LogP contribution in [0.2, 0.25) is 0 Å². The van der Waals surface area contributed by atoms with Crippen LogP contribution >= 0.6 is 0 Å². The molecule has 2 atom stereocenters. The highest BCUT2D eigenvalue weighted by Gasteiger charge is 2.17. The normalized spacial score (nSPS) is 25.2. The van der Waals surface area contributed by atoms with Crippen LogP contribution in [0, 0.1) is 0 Å². The Morgan fingerprint density at radius 2 is 1.93 bits per heavy atom. The smallest absolute Gasteiger partial charge is 0.0729 e. The van der Waals surface area contributed by atoms with E-state index in [4.69, 9.17) is 0 Å². The van der Waals surface area contributed by atoms with Gasteiger partial charge in [-0.05, 0) is 17.5 Å². The van der Waals surface area contributed by atoms with E-state index >= 15 is 0 Å². The van der Waals surface area contributed by atoms with Crippen LogP contribution in [-0.4, -0.2) is 11.2 Å². The number of aliphatic hydroxyl groups is 1. The predicted molar refractivity (Wildman–Crippen MR) is 59.0 cm³/mol. The van der Waals surface area contributed by atoms with Gasteiger partial charge in [-0.25, -0.2) is 0 Å². The minimum absolute atomic E-state index is 0.265. The van der Waals surface area contributed by atoms with Gasteiger partial charge in [0, 0.05) is 5.92 Å². The van der Waals surface area contributed by atoms with Crippen molar-refractivity contribution in [3.63, 3.8) is 0 Å². The lowest BCUT2D eigenvalue weighted by Gasteiger charge is -2.09. The summed E-state index contributed by atoms with van der Waals surface area (Å²) in [5.74, 6) is 0.379. The molecule has 1 N–H and O–H groups in total. The van der Waals surface area contributed by atoms with Gasteiger partial charge in [-0.3, -0.25) is 0 Å². The number of benzene rings is 1. The van der Waals surface area contributed by atoms with Crippen molar-refractivity contribution in [2.45, 2.75) is 18.4 Å². The molecule has 0 unspecified atom stereocenters. The van der Waals surface area contributed by atoms with Gasteiger partial charge < -0.3 is 5.11 Å². The lowest BCUT2D eigenvalue weighted by atomic mass is 9.97. The molecule has 0 fully saturated rings. The number of hydrogen-bond acceptors (Lipinski definition) is 1. The number of allylic oxidation sites excluding steroid dienone is 1. The maximum atomic E-state index is 9.36. The second-order valence-electron chi connectivity index (χ2n) is 3.67. The van der Waals surface area contributed by atoms with Gasteiger partial charge in [-0.1, -0.05) is 49.1 Å². The van der Waals surface area contributed by atoms with E-state index in [9.17, 15) is 5.11 Å². The third kappa shape index (κ3) is 1.78. The molecular formula is C13H14O. The van der Waals surface area contributed by atoms with Gasteiger partial charge in [0.05, 0.1) is 6.10 Å². The number of hydrogen-bond donors (Lipinski definition) is 1. The maximum Gasteiger partial charge on any atom is 0.0729 e. The first-order chi connectivity index (χ1) is 6.79. The van der Waals surface area contributed by atoms with Crippen molar-refractivity contribution in [1.29, 1.82) is 0 Å². The minimum Gasteiger partial charge on any atom is -0.389 e. The van der Waals surface area contributed by atoms with Gasteiger partial charge in [0.2, 0.25) is 0 Å². The van der Waals surface area contributed by atoms with Crippen molar-refractivity contribution in [1.82, 2.24) is 0 Å². The molecule has 1 nitrogen and oxygen atoms in total. The molecule has 0 aliphatic heterocycles. The van der Waals surface area contributed by atoms with Crippen LogP contribution in [0.15, 0.2) is 43.0 Å². The fourth-order valence-electron chi connectivity index (χ4n) is 1.81. The van der Waals surface area contributed by atoms with Crippen LogP contribution in [0.4, 0.5) is 0 Å². The second kappa shape index (κ2) is 3.81. The first kappa shape index (κ1) is 9.22. The fourth-order valence-corrected chi connectivity index (χ4v) is 1.81. The van der Waals surface area contributed by atoms with Crippen LogP contribution < -0.4 is 0 Å². The summed E-state index contributed by atoms with van der Waals surface area (Å²) in [4.78, 5) is 0. The quantitative estimate of drug-likeness (QED) is 0.704. The van der Waals surface area contributed by atoms with E-state index in [0.717, 1.165) is 12.0 Å². The summed E-state index contributed by atoms with van der Waals surface area (Å²) in [7, 11) is 0. The zero-order valence-electron chi connectivity index (χ0n) is 8.06. The largest absolute Gasteiger partial charge is 0.389 e. The average molecular weight is 186 g/mol. The summed E-state index contributed by atoms with van der Waals surface area (Å²) in [6.07, 6.45) is 6.33. The van der Waals surface area contributed by atoms with Gasteiger partial charge in [-0.2, -0.15) is 0 Å². The van der Waals surface area contributed by atoms with E-state index in [1.165, 1.54) is 5.56 Å². The molecule has 1 aliphatic rings. The third-order valence-electron chi connectivity index (χ3n) is 2.66. The van der Waals surface area contributed by atoms with E-state index in [2.05, 4.69) is 36.9 Å². The van der Waals surface area contributed by atoms with Gasteiger partial charge >= 0.3 is 0 Å². The van der Waals surface area contributed by atoms with E-state index in [1.807, 2.05) is 12.2 Å². The highest BCUT2D eigenvalue weighted by molar-refractivity contribution is 5.48. The van der Waals surface area contributed by atoms with Crippen LogP contribution in [-0.2, 0) is 0 Å². The van der Waals surface area contributed by atoms with Crippen molar-refractivity contribution < 1.29 is 5.11 Å². The Bertz CT molecular complexity index is 348. The van der Waals surface area contributed by atoms with Crippen molar-refractivity contribution >= 4 is 6.08 Å². The number of aliphatic hydroxyl groups excluding tert-OH is 1. The molecule has 1 aliphatic carbocycles. The molecule has 1 aromatic rings. The van der Waals surface area contributed by atoms with Gasteiger partial charge in [0.1, 0.15) is 0 Å². The molecular weight excluding hydrogens is 172 g/mol. The molecule has 0 aromatic heterocycles. The summed E-state index contributed by atoms with van der Waals surface area (Å²) >= 11 is 0. The Morgan fingerprint density at radius 3 is 2.43 bits per heavy atom. The van der Waals surface area contributed by atoms with Gasteiger partial charge in [0.25, 0.3) is 0 Å². The Kier molecular flexibility index (Phi) is 2.51. The Balaban J connectivity index is 2.17. The van der Waals surface area contributed by atoms with E-state index in [1.54, 1.807) is 0 Å². The first-order valence-electron chi connectivity index (χ1n) is 4.88. The zero-order chi connectivity index (χ0) is 9.97. The lowest BCUT2D eigenvalue weighted by molar-refractivity contribution is 0.218. The topological polar surface area (TPSA) is 20.2 Å². The molecule has 0 heterocycles. The first-order valence-corrected chi connectivity index (χ1v) is 4.88. The van der Waals surface area contributed by atoms with Crippen LogP contribution in [0.5, 0.6) is 0 Å². The van der Waals surface area contributed by atoms with Crippen molar-refractivity contribution in [2.75, 3.05) is 0 Å². The molecule has 0 spiro atoms. The minimum atomic E-state index is -0.265. The lowest BCUT2D eigenvalue weighted by Crippen LogP contribution is -2.00. The van der Waals surface area contributed by atoms with E-state index < -0.39 is 0 Å².